The van der Waals surface area contributed by atoms with Crippen LogP contribution < -0.4 is 15.7 Å². The highest BCUT2D eigenvalue weighted by Crippen LogP contribution is 2.47. The SMILES string of the molecule is Cc1ccc2c(c1)-c1ccccc1N1B2c2ccccc2-c2c1ccc1ccccc21. The standard InChI is InChI=1S/C29H20BN/c1-19-14-16-26-24(18-19)22-10-5-7-13-27(22)31-28-17-15-20-8-2-3-9-21(20)29(28)23-11-4-6-12-25(23)30(26)31/h2-18H,1H3. The molecule has 0 aliphatic carbocycles. The van der Waals surface area contributed by atoms with Gasteiger partial charge in [-0.2, -0.15) is 0 Å². The van der Waals surface area contributed by atoms with E-state index < -0.39 is 0 Å². The van der Waals surface area contributed by atoms with Crippen LogP contribution in [0.25, 0.3) is 33.0 Å². The van der Waals surface area contributed by atoms with Crippen LogP contribution in [0.5, 0.6) is 0 Å². The van der Waals surface area contributed by atoms with Gasteiger partial charge in [0.25, 0.3) is 0 Å². The van der Waals surface area contributed by atoms with E-state index >= 15 is 0 Å². The first-order valence-electron chi connectivity index (χ1n) is 10.9. The Balaban J connectivity index is 1.65. The lowest BCUT2D eigenvalue weighted by molar-refractivity contribution is 1.35. The van der Waals surface area contributed by atoms with E-state index in [2.05, 4.69) is 115 Å². The molecule has 0 N–H and O–H groups in total. The Labute approximate surface area is 182 Å². The molecule has 0 amide bonds. The first kappa shape index (κ1) is 17.0. The van der Waals surface area contributed by atoms with Crippen LogP contribution in [-0.2, 0) is 0 Å². The number of rotatable bonds is 0. The van der Waals surface area contributed by atoms with Crippen LogP contribution in [0.15, 0.2) is 103 Å². The molecule has 0 saturated carbocycles. The van der Waals surface area contributed by atoms with Crippen molar-refractivity contribution < 1.29 is 0 Å². The smallest absolute Gasteiger partial charge is 0.329 e. The first-order valence-corrected chi connectivity index (χ1v) is 10.9. The fourth-order valence-corrected chi connectivity index (χ4v) is 5.61. The molecule has 0 atom stereocenters. The second kappa shape index (κ2) is 6.12. The molecule has 0 unspecified atom stereocenters. The molecule has 7 rings (SSSR count). The van der Waals surface area contributed by atoms with E-state index in [1.54, 1.807) is 0 Å². The molecule has 2 aliphatic rings. The van der Waals surface area contributed by atoms with Crippen molar-refractivity contribution >= 4 is 39.9 Å². The normalized spacial score (nSPS) is 13.2. The van der Waals surface area contributed by atoms with E-state index in [1.165, 1.54) is 60.9 Å². The van der Waals surface area contributed by atoms with E-state index in [1.807, 2.05) is 0 Å². The molecular formula is C29H20BN. The van der Waals surface area contributed by atoms with Crippen molar-refractivity contribution in [2.45, 2.75) is 6.92 Å². The minimum Gasteiger partial charge on any atom is -0.376 e. The van der Waals surface area contributed by atoms with Crippen LogP contribution in [0.2, 0.25) is 0 Å². The maximum atomic E-state index is 2.57. The molecule has 5 aromatic rings. The molecule has 0 bridgehead atoms. The lowest BCUT2D eigenvalue weighted by Gasteiger charge is -2.43. The van der Waals surface area contributed by atoms with E-state index in [0.717, 1.165) is 0 Å². The number of nitrogens with zero attached hydrogens (tertiary/aromatic N) is 1. The van der Waals surface area contributed by atoms with Gasteiger partial charge < -0.3 is 4.81 Å². The van der Waals surface area contributed by atoms with Crippen LogP contribution >= 0.6 is 0 Å². The Bertz CT molecular complexity index is 1520. The average molecular weight is 393 g/mol. The summed E-state index contributed by atoms with van der Waals surface area (Å²) in [5, 5.41) is 2.61. The molecule has 5 aromatic carbocycles. The van der Waals surface area contributed by atoms with Crippen molar-refractivity contribution in [1.82, 2.24) is 0 Å². The number of benzene rings is 5. The topological polar surface area (TPSA) is 3.24 Å². The van der Waals surface area contributed by atoms with Gasteiger partial charge in [0.1, 0.15) is 0 Å². The number of hydrogen-bond acceptors (Lipinski definition) is 1. The summed E-state index contributed by atoms with van der Waals surface area (Å²) in [5.41, 5.74) is 12.0. The van der Waals surface area contributed by atoms with Gasteiger partial charge in [0, 0.05) is 22.5 Å². The zero-order valence-electron chi connectivity index (χ0n) is 17.3. The highest BCUT2D eigenvalue weighted by atomic mass is 15.1. The van der Waals surface area contributed by atoms with Gasteiger partial charge in [-0.05, 0) is 51.9 Å². The molecule has 1 nitrogen and oxygen atoms in total. The molecule has 0 spiro atoms. The third-order valence-corrected chi connectivity index (χ3v) is 6.91. The Hall–Kier alpha value is -3.78. The summed E-state index contributed by atoms with van der Waals surface area (Å²) in [4.78, 5) is 2.57. The van der Waals surface area contributed by atoms with Crippen molar-refractivity contribution in [3.8, 4) is 22.3 Å². The Morgan fingerprint density at radius 1 is 0.581 bits per heavy atom. The molecule has 0 saturated heterocycles. The van der Waals surface area contributed by atoms with Gasteiger partial charge in [0.15, 0.2) is 0 Å². The summed E-state index contributed by atoms with van der Waals surface area (Å²) in [6, 6.07) is 38.1. The van der Waals surface area contributed by atoms with E-state index in [0.29, 0.717) is 0 Å². The van der Waals surface area contributed by atoms with Crippen molar-refractivity contribution in [2.24, 2.45) is 0 Å². The lowest BCUT2D eigenvalue weighted by Crippen LogP contribution is -2.59. The third-order valence-electron chi connectivity index (χ3n) is 6.91. The summed E-state index contributed by atoms with van der Waals surface area (Å²) in [6.45, 7) is 2.36. The molecule has 31 heavy (non-hydrogen) atoms. The zero-order valence-corrected chi connectivity index (χ0v) is 17.3. The predicted molar refractivity (Wildman–Crippen MR) is 133 cm³/mol. The molecule has 2 aliphatic heterocycles. The quantitative estimate of drug-likeness (QED) is 0.290. The minimum atomic E-state index is 0.176. The number of fused-ring (bicyclic) bond motifs is 13. The van der Waals surface area contributed by atoms with Gasteiger partial charge in [-0.3, -0.25) is 0 Å². The van der Waals surface area contributed by atoms with Crippen LogP contribution in [0.4, 0.5) is 11.4 Å². The monoisotopic (exact) mass is 393 g/mol. The van der Waals surface area contributed by atoms with Gasteiger partial charge in [-0.15, -0.1) is 0 Å². The second-order valence-electron chi connectivity index (χ2n) is 8.65. The maximum Gasteiger partial charge on any atom is 0.329 e. The largest absolute Gasteiger partial charge is 0.376 e. The van der Waals surface area contributed by atoms with Crippen molar-refractivity contribution in [2.75, 3.05) is 4.81 Å². The minimum absolute atomic E-state index is 0.176. The molecule has 0 radical (unpaired) electrons. The summed E-state index contributed by atoms with van der Waals surface area (Å²) in [5.74, 6) is 0. The van der Waals surface area contributed by atoms with Gasteiger partial charge >= 0.3 is 6.85 Å². The summed E-state index contributed by atoms with van der Waals surface area (Å²) in [7, 11) is 0. The van der Waals surface area contributed by atoms with Crippen molar-refractivity contribution in [1.29, 1.82) is 0 Å². The van der Waals surface area contributed by atoms with Gasteiger partial charge in [-0.1, -0.05) is 96.6 Å². The van der Waals surface area contributed by atoms with Crippen LogP contribution in [0.1, 0.15) is 5.56 Å². The van der Waals surface area contributed by atoms with Crippen molar-refractivity contribution in [3.63, 3.8) is 0 Å². The van der Waals surface area contributed by atoms with E-state index in [4.69, 9.17) is 0 Å². The fourth-order valence-electron chi connectivity index (χ4n) is 5.61. The Kier molecular flexibility index (Phi) is 3.35. The van der Waals surface area contributed by atoms with Crippen LogP contribution in [0.3, 0.4) is 0 Å². The maximum absolute atomic E-state index is 2.57. The highest BCUT2D eigenvalue weighted by molar-refractivity contribution is 6.92. The highest BCUT2D eigenvalue weighted by Gasteiger charge is 2.42. The lowest BCUT2D eigenvalue weighted by atomic mass is 9.43. The molecular weight excluding hydrogens is 373 g/mol. The molecule has 0 fully saturated rings. The molecule has 2 heteroatoms. The Morgan fingerprint density at radius 3 is 2.26 bits per heavy atom. The number of para-hydroxylation sites is 1. The third kappa shape index (κ3) is 2.22. The average Bonchev–Trinajstić information content (AvgIpc) is 2.83. The predicted octanol–water partition coefficient (Wildman–Crippen LogP) is 6.05. The first-order chi connectivity index (χ1) is 15.3. The van der Waals surface area contributed by atoms with Crippen LogP contribution in [-0.4, -0.2) is 6.85 Å². The van der Waals surface area contributed by atoms with Gasteiger partial charge in [0.2, 0.25) is 0 Å². The van der Waals surface area contributed by atoms with Crippen molar-refractivity contribution in [3.05, 3.63) is 109 Å². The summed E-state index contributed by atoms with van der Waals surface area (Å²) < 4.78 is 0. The number of hydrogen-bond donors (Lipinski definition) is 0. The van der Waals surface area contributed by atoms with E-state index in [9.17, 15) is 0 Å². The fraction of sp³-hybridized carbons (Fsp3) is 0.0345. The summed E-state index contributed by atoms with van der Waals surface area (Å²) in [6.07, 6.45) is 0. The zero-order chi connectivity index (χ0) is 20.5. The Morgan fingerprint density at radius 2 is 1.32 bits per heavy atom. The molecule has 0 aromatic heterocycles. The second-order valence-corrected chi connectivity index (χ2v) is 8.65. The van der Waals surface area contributed by atoms with E-state index in [-0.39, 0.29) is 6.85 Å². The number of anilines is 2. The molecule has 144 valence electrons. The van der Waals surface area contributed by atoms with Gasteiger partial charge in [-0.25, -0.2) is 0 Å². The van der Waals surface area contributed by atoms with Crippen LogP contribution in [0, 0.1) is 6.92 Å². The number of aryl methyl sites for hydroxylation is 1. The van der Waals surface area contributed by atoms with Gasteiger partial charge in [0.05, 0.1) is 0 Å². The molecule has 2 heterocycles. The summed E-state index contributed by atoms with van der Waals surface area (Å²) >= 11 is 0.